The molecule has 0 radical (unpaired) electrons. The maximum Gasteiger partial charge on any atom is 0.238 e. The summed E-state index contributed by atoms with van der Waals surface area (Å²) in [6.07, 6.45) is -0.621. The molecule has 0 saturated heterocycles. The summed E-state index contributed by atoms with van der Waals surface area (Å²) in [5, 5.41) is 5.05. The van der Waals surface area contributed by atoms with E-state index in [1.807, 2.05) is 30.3 Å². The number of ether oxygens (including phenoxy) is 1. The number of hydrogen-bond donors (Lipinski definition) is 1. The molecule has 1 aliphatic rings. The standard InChI is InChI=1S/C15H15NO5S2/c16-23(19,20)12-6-7-13-14(10-22(17,18)15(13)8-12)21-9-11-4-2-1-3-5-11/h1-8,14H,9-10H2,(H2,16,19,20)/t14-/m0/s1. The largest absolute Gasteiger partial charge is 0.368 e. The number of rotatable bonds is 4. The SMILES string of the molecule is NS(=O)(=O)c1ccc2c(c1)S(=O)(=O)C[C@@H]2OCc1ccccc1. The van der Waals surface area contributed by atoms with E-state index in [4.69, 9.17) is 9.88 Å². The van der Waals surface area contributed by atoms with Gasteiger partial charge in [0.05, 0.1) is 28.3 Å². The second kappa shape index (κ2) is 5.72. The molecule has 0 fully saturated rings. The summed E-state index contributed by atoms with van der Waals surface area (Å²) < 4.78 is 53.0. The molecule has 1 heterocycles. The predicted octanol–water partition coefficient (Wildman–Crippen LogP) is 1.38. The van der Waals surface area contributed by atoms with Crippen molar-refractivity contribution in [1.29, 1.82) is 0 Å². The van der Waals surface area contributed by atoms with Crippen molar-refractivity contribution in [2.45, 2.75) is 22.5 Å². The van der Waals surface area contributed by atoms with Gasteiger partial charge in [0.2, 0.25) is 10.0 Å². The molecule has 2 N–H and O–H groups in total. The summed E-state index contributed by atoms with van der Waals surface area (Å²) in [5.41, 5.74) is 1.40. The van der Waals surface area contributed by atoms with Crippen LogP contribution >= 0.6 is 0 Å². The maximum absolute atomic E-state index is 12.2. The summed E-state index contributed by atoms with van der Waals surface area (Å²) in [6, 6.07) is 13.2. The van der Waals surface area contributed by atoms with Crippen LogP contribution in [0.3, 0.4) is 0 Å². The molecule has 0 saturated carbocycles. The average Bonchev–Trinajstić information content (AvgIpc) is 2.76. The highest BCUT2D eigenvalue weighted by Gasteiger charge is 2.36. The molecule has 3 rings (SSSR count). The third-order valence-electron chi connectivity index (χ3n) is 3.66. The van der Waals surface area contributed by atoms with E-state index in [0.717, 1.165) is 11.6 Å². The summed E-state index contributed by atoms with van der Waals surface area (Å²) in [5.74, 6) is -0.205. The third kappa shape index (κ3) is 3.30. The van der Waals surface area contributed by atoms with Gasteiger partial charge in [0.15, 0.2) is 9.84 Å². The monoisotopic (exact) mass is 353 g/mol. The first kappa shape index (κ1) is 16.1. The lowest BCUT2D eigenvalue weighted by Crippen LogP contribution is -2.12. The van der Waals surface area contributed by atoms with E-state index < -0.39 is 26.0 Å². The van der Waals surface area contributed by atoms with Crippen molar-refractivity contribution in [3.05, 3.63) is 59.7 Å². The molecule has 122 valence electrons. The molecule has 0 bridgehead atoms. The van der Waals surface area contributed by atoms with Crippen molar-refractivity contribution in [3.63, 3.8) is 0 Å². The van der Waals surface area contributed by atoms with E-state index in [0.29, 0.717) is 5.56 Å². The molecular weight excluding hydrogens is 338 g/mol. The van der Waals surface area contributed by atoms with E-state index in [-0.39, 0.29) is 22.2 Å². The molecule has 2 aromatic carbocycles. The highest BCUT2D eigenvalue weighted by atomic mass is 32.2. The first-order valence-corrected chi connectivity index (χ1v) is 10.0. The topological polar surface area (TPSA) is 104 Å². The van der Waals surface area contributed by atoms with Gasteiger partial charge in [0.1, 0.15) is 0 Å². The molecule has 2 aromatic rings. The van der Waals surface area contributed by atoms with Gasteiger partial charge >= 0.3 is 0 Å². The first-order valence-electron chi connectivity index (χ1n) is 6.82. The van der Waals surface area contributed by atoms with Gasteiger partial charge in [0.25, 0.3) is 0 Å². The number of sulfonamides is 1. The van der Waals surface area contributed by atoms with Crippen LogP contribution < -0.4 is 5.14 Å². The molecule has 1 aliphatic heterocycles. The van der Waals surface area contributed by atoms with Gasteiger partial charge in [0, 0.05) is 5.56 Å². The van der Waals surface area contributed by atoms with Crippen molar-refractivity contribution in [3.8, 4) is 0 Å². The lowest BCUT2D eigenvalue weighted by Gasteiger charge is -2.12. The quantitative estimate of drug-likeness (QED) is 0.894. The van der Waals surface area contributed by atoms with Crippen LogP contribution in [0, 0.1) is 0 Å². The van der Waals surface area contributed by atoms with E-state index >= 15 is 0 Å². The Hall–Kier alpha value is -1.74. The first-order chi connectivity index (χ1) is 10.8. The van der Waals surface area contributed by atoms with Gasteiger partial charge in [-0.25, -0.2) is 22.0 Å². The minimum Gasteiger partial charge on any atom is -0.368 e. The number of fused-ring (bicyclic) bond motifs is 1. The second-order valence-electron chi connectivity index (χ2n) is 5.31. The Balaban J connectivity index is 1.91. The zero-order chi connectivity index (χ0) is 16.7. The van der Waals surface area contributed by atoms with Crippen molar-refractivity contribution in [2.75, 3.05) is 5.75 Å². The molecule has 0 unspecified atom stereocenters. The molecule has 8 heteroatoms. The average molecular weight is 353 g/mol. The zero-order valence-electron chi connectivity index (χ0n) is 12.0. The minimum absolute atomic E-state index is 0.0258. The number of benzene rings is 2. The second-order valence-corrected chi connectivity index (χ2v) is 8.88. The van der Waals surface area contributed by atoms with E-state index in [9.17, 15) is 16.8 Å². The van der Waals surface area contributed by atoms with Gasteiger partial charge in [-0.2, -0.15) is 0 Å². The fraction of sp³-hybridized carbons (Fsp3) is 0.200. The Labute approximate surface area is 134 Å². The van der Waals surface area contributed by atoms with Crippen molar-refractivity contribution >= 4 is 19.9 Å². The molecule has 6 nitrogen and oxygen atoms in total. The molecule has 23 heavy (non-hydrogen) atoms. The lowest BCUT2D eigenvalue weighted by molar-refractivity contribution is 0.0559. The minimum atomic E-state index is -3.95. The summed E-state index contributed by atoms with van der Waals surface area (Å²) in [6.45, 7) is 0.275. The van der Waals surface area contributed by atoms with Crippen LogP contribution in [0.5, 0.6) is 0 Å². The van der Waals surface area contributed by atoms with Crippen molar-refractivity contribution < 1.29 is 21.6 Å². The maximum atomic E-state index is 12.2. The van der Waals surface area contributed by atoms with E-state index in [2.05, 4.69) is 0 Å². The summed E-state index contributed by atoms with van der Waals surface area (Å²) >= 11 is 0. The number of sulfone groups is 1. The smallest absolute Gasteiger partial charge is 0.238 e. The van der Waals surface area contributed by atoms with Crippen molar-refractivity contribution in [2.24, 2.45) is 5.14 Å². The van der Waals surface area contributed by atoms with Crippen LogP contribution in [0.25, 0.3) is 0 Å². The van der Waals surface area contributed by atoms with Crippen LogP contribution in [-0.2, 0) is 31.2 Å². The Morgan fingerprint density at radius 2 is 1.83 bits per heavy atom. The zero-order valence-corrected chi connectivity index (χ0v) is 13.7. The van der Waals surface area contributed by atoms with Crippen molar-refractivity contribution in [1.82, 2.24) is 0 Å². The van der Waals surface area contributed by atoms with E-state index in [1.165, 1.54) is 12.1 Å². The van der Waals surface area contributed by atoms with Gasteiger partial charge in [-0.05, 0) is 17.7 Å². The van der Waals surface area contributed by atoms with Gasteiger partial charge < -0.3 is 4.74 Å². The highest BCUT2D eigenvalue weighted by molar-refractivity contribution is 7.92. The Morgan fingerprint density at radius 3 is 2.48 bits per heavy atom. The molecule has 0 spiro atoms. The fourth-order valence-electron chi connectivity index (χ4n) is 2.51. The van der Waals surface area contributed by atoms with E-state index in [1.54, 1.807) is 0 Å². The fourth-order valence-corrected chi connectivity index (χ4v) is 4.85. The van der Waals surface area contributed by atoms with Crippen LogP contribution in [0.4, 0.5) is 0 Å². The van der Waals surface area contributed by atoms with Gasteiger partial charge in [-0.1, -0.05) is 36.4 Å². The van der Waals surface area contributed by atoms with Gasteiger partial charge in [-0.15, -0.1) is 0 Å². The predicted molar refractivity (Wildman–Crippen MR) is 83.8 cm³/mol. The van der Waals surface area contributed by atoms with Crippen LogP contribution in [0.1, 0.15) is 17.2 Å². The molecule has 0 aromatic heterocycles. The summed E-state index contributed by atoms with van der Waals surface area (Å²) in [7, 11) is -7.54. The van der Waals surface area contributed by atoms with Gasteiger partial charge in [-0.3, -0.25) is 0 Å². The molecular formula is C15H15NO5S2. The van der Waals surface area contributed by atoms with Crippen LogP contribution in [0.2, 0.25) is 0 Å². The molecule has 0 aliphatic carbocycles. The van der Waals surface area contributed by atoms with Crippen LogP contribution in [0.15, 0.2) is 58.3 Å². The third-order valence-corrected chi connectivity index (χ3v) is 6.34. The number of hydrogen-bond acceptors (Lipinski definition) is 5. The Bertz CT molecular complexity index is 937. The number of primary sulfonamides is 1. The molecule has 0 amide bonds. The Kier molecular flexibility index (Phi) is 4.01. The highest BCUT2D eigenvalue weighted by Crippen LogP contribution is 2.37. The Morgan fingerprint density at radius 1 is 1.13 bits per heavy atom. The molecule has 1 atom stereocenters. The summed E-state index contributed by atoms with van der Waals surface area (Å²) in [4.78, 5) is -0.245. The number of nitrogens with two attached hydrogens (primary N) is 1. The van der Waals surface area contributed by atoms with Crippen LogP contribution in [-0.4, -0.2) is 22.6 Å². The lowest BCUT2D eigenvalue weighted by atomic mass is 10.1. The normalized spacial score (nSPS) is 19.4.